The summed E-state index contributed by atoms with van der Waals surface area (Å²) < 4.78 is 0. The van der Waals surface area contributed by atoms with E-state index in [1.54, 1.807) is 0 Å². The third-order valence-corrected chi connectivity index (χ3v) is 2.34. The van der Waals surface area contributed by atoms with Gasteiger partial charge in [0, 0.05) is 13.0 Å². The van der Waals surface area contributed by atoms with Crippen LogP contribution in [0.4, 0.5) is 0 Å². The molecule has 1 N–H and O–H groups in total. The fraction of sp³-hybridized carbons (Fsp3) is 0.909. The van der Waals surface area contributed by atoms with E-state index >= 15 is 0 Å². The standard InChI is InChI=1S/C11H22ClNO/c1-4-5-6-11(14)13-8-10(12)7-9(2)3/h9-10H,4-8H2,1-3H3,(H,13,14). The molecular formula is C11H22ClNO. The van der Waals surface area contributed by atoms with E-state index in [-0.39, 0.29) is 11.3 Å². The normalized spacial score (nSPS) is 12.9. The van der Waals surface area contributed by atoms with E-state index in [1.807, 2.05) is 0 Å². The second kappa shape index (κ2) is 8.10. The minimum absolute atomic E-state index is 0.0700. The highest BCUT2D eigenvalue weighted by molar-refractivity contribution is 6.20. The summed E-state index contributed by atoms with van der Waals surface area (Å²) in [6.45, 7) is 6.95. The molecule has 0 aromatic rings. The first-order chi connectivity index (χ1) is 6.56. The number of carbonyl (C=O) groups excluding carboxylic acids is 1. The van der Waals surface area contributed by atoms with Crippen LogP contribution in [0, 0.1) is 5.92 Å². The number of amides is 1. The summed E-state index contributed by atoms with van der Waals surface area (Å²) in [6.07, 6.45) is 3.60. The van der Waals surface area contributed by atoms with Gasteiger partial charge < -0.3 is 5.32 Å². The van der Waals surface area contributed by atoms with E-state index in [9.17, 15) is 4.79 Å². The lowest BCUT2D eigenvalue weighted by molar-refractivity contribution is -0.121. The Balaban J connectivity index is 3.45. The maximum Gasteiger partial charge on any atom is 0.220 e. The van der Waals surface area contributed by atoms with Crippen LogP contribution in [-0.4, -0.2) is 17.8 Å². The van der Waals surface area contributed by atoms with Crippen LogP contribution in [0.25, 0.3) is 0 Å². The van der Waals surface area contributed by atoms with Crippen LogP contribution in [0.1, 0.15) is 46.5 Å². The second-order valence-electron chi connectivity index (χ2n) is 4.13. The molecule has 1 amide bonds. The monoisotopic (exact) mass is 219 g/mol. The number of nitrogens with one attached hydrogen (secondary N) is 1. The van der Waals surface area contributed by atoms with Gasteiger partial charge in [0.1, 0.15) is 0 Å². The van der Waals surface area contributed by atoms with Gasteiger partial charge in [-0.1, -0.05) is 27.2 Å². The Bertz CT molecular complexity index is 159. The van der Waals surface area contributed by atoms with Crippen LogP contribution in [0.3, 0.4) is 0 Å². The molecule has 2 nitrogen and oxygen atoms in total. The SMILES string of the molecule is CCCCC(=O)NCC(Cl)CC(C)C. The first-order valence-corrected chi connectivity index (χ1v) is 5.90. The maximum absolute atomic E-state index is 11.2. The quantitative estimate of drug-likeness (QED) is 0.656. The number of hydrogen-bond acceptors (Lipinski definition) is 1. The molecule has 0 rings (SSSR count). The Hall–Kier alpha value is -0.240. The minimum Gasteiger partial charge on any atom is -0.355 e. The molecule has 1 atom stereocenters. The molecule has 0 bridgehead atoms. The Kier molecular flexibility index (Phi) is 7.96. The molecule has 84 valence electrons. The fourth-order valence-corrected chi connectivity index (χ4v) is 1.68. The van der Waals surface area contributed by atoms with Crippen LogP contribution in [-0.2, 0) is 4.79 Å². The average Bonchev–Trinajstić information content (AvgIpc) is 2.10. The van der Waals surface area contributed by atoms with Crippen molar-refractivity contribution in [2.75, 3.05) is 6.54 Å². The molecule has 0 aliphatic carbocycles. The number of alkyl halides is 1. The van der Waals surface area contributed by atoms with Gasteiger partial charge in [-0.25, -0.2) is 0 Å². The first-order valence-electron chi connectivity index (χ1n) is 5.47. The summed E-state index contributed by atoms with van der Waals surface area (Å²) in [4.78, 5) is 11.2. The zero-order valence-corrected chi connectivity index (χ0v) is 10.2. The Labute approximate surface area is 92.4 Å². The molecule has 0 aromatic carbocycles. The number of hydrogen-bond donors (Lipinski definition) is 1. The Morgan fingerprint density at radius 2 is 2.07 bits per heavy atom. The van der Waals surface area contributed by atoms with Gasteiger partial charge in [-0.05, 0) is 18.8 Å². The van der Waals surface area contributed by atoms with Crippen LogP contribution < -0.4 is 5.32 Å². The lowest BCUT2D eigenvalue weighted by atomic mass is 10.1. The zero-order valence-electron chi connectivity index (χ0n) is 9.48. The van der Waals surface area contributed by atoms with Gasteiger partial charge in [0.2, 0.25) is 5.91 Å². The first kappa shape index (κ1) is 13.8. The lowest BCUT2D eigenvalue weighted by Gasteiger charge is -2.12. The highest BCUT2D eigenvalue weighted by atomic mass is 35.5. The predicted octanol–water partition coefficient (Wildman–Crippen LogP) is 2.95. The van der Waals surface area contributed by atoms with Crippen molar-refractivity contribution in [3.63, 3.8) is 0 Å². The topological polar surface area (TPSA) is 29.1 Å². The van der Waals surface area contributed by atoms with Crippen molar-refractivity contribution in [1.82, 2.24) is 5.32 Å². The molecule has 0 saturated heterocycles. The molecule has 14 heavy (non-hydrogen) atoms. The van der Waals surface area contributed by atoms with Crippen molar-refractivity contribution in [2.45, 2.75) is 51.8 Å². The van der Waals surface area contributed by atoms with Gasteiger partial charge in [-0.15, -0.1) is 11.6 Å². The van der Waals surface area contributed by atoms with Gasteiger partial charge in [-0.3, -0.25) is 4.79 Å². The van der Waals surface area contributed by atoms with E-state index in [0.717, 1.165) is 19.3 Å². The van der Waals surface area contributed by atoms with E-state index in [2.05, 4.69) is 26.1 Å². The van der Waals surface area contributed by atoms with Gasteiger partial charge in [-0.2, -0.15) is 0 Å². The zero-order chi connectivity index (χ0) is 11.0. The number of rotatable bonds is 7. The van der Waals surface area contributed by atoms with E-state index in [0.29, 0.717) is 18.9 Å². The molecule has 0 saturated carbocycles. The number of unbranched alkanes of at least 4 members (excludes halogenated alkanes) is 1. The Morgan fingerprint density at radius 3 is 2.57 bits per heavy atom. The van der Waals surface area contributed by atoms with Gasteiger partial charge in [0.05, 0.1) is 5.38 Å². The number of halogens is 1. The second-order valence-corrected chi connectivity index (χ2v) is 4.75. The summed E-state index contributed by atoms with van der Waals surface area (Å²) in [6, 6.07) is 0. The van der Waals surface area contributed by atoms with Crippen LogP contribution in [0.5, 0.6) is 0 Å². The summed E-state index contributed by atoms with van der Waals surface area (Å²) >= 11 is 6.04. The van der Waals surface area contributed by atoms with Crippen molar-refractivity contribution in [3.05, 3.63) is 0 Å². The van der Waals surface area contributed by atoms with Crippen molar-refractivity contribution in [2.24, 2.45) is 5.92 Å². The molecule has 0 heterocycles. The van der Waals surface area contributed by atoms with E-state index < -0.39 is 0 Å². The molecule has 0 spiro atoms. The highest BCUT2D eigenvalue weighted by Gasteiger charge is 2.08. The molecule has 0 aromatic heterocycles. The van der Waals surface area contributed by atoms with Crippen molar-refractivity contribution < 1.29 is 4.79 Å². The van der Waals surface area contributed by atoms with E-state index in [1.165, 1.54) is 0 Å². The van der Waals surface area contributed by atoms with Crippen LogP contribution in [0.15, 0.2) is 0 Å². The summed E-state index contributed by atoms with van der Waals surface area (Å²) in [7, 11) is 0. The largest absolute Gasteiger partial charge is 0.355 e. The molecular weight excluding hydrogens is 198 g/mol. The summed E-state index contributed by atoms with van der Waals surface area (Å²) in [5.74, 6) is 0.714. The maximum atomic E-state index is 11.2. The average molecular weight is 220 g/mol. The minimum atomic E-state index is 0.0700. The molecule has 0 aliphatic heterocycles. The van der Waals surface area contributed by atoms with Crippen molar-refractivity contribution in [1.29, 1.82) is 0 Å². The third kappa shape index (κ3) is 8.36. The molecule has 1 unspecified atom stereocenters. The van der Waals surface area contributed by atoms with Crippen molar-refractivity contribution >= 4 is 17.5 Å². The van der Waals surface area contributed by atoms with Gasteiger partial charge in [0.15, 0.2) is 0 Å². The highest BCUT2D eigenvalue weighted by Crippen LogP contribution is 2.09. The fourth-order valence-electron chi connectivity index (χ4n) is 1.25. The lowest BCUT2D eigenvalue weighted by Crippen LogP contribution is -2.30. The third-order valence-electron chi connectivity index (χ3n) is 2.01. The predicted molar refractivity (Wildman–Crippen MR) is 61.6 cm³/mol. The summed E-state index contributed by atoms with van der Waals surface area (Å²) in [5.41, 5.74) is 0. The summed E-state index contributed by atoms with van der Waals surface area (Å²) in [5, 5.41) is 2.92. The van der Waals surface area contributed by atoms with Crippen LogP contribution >= 0.6 is 11.6 Å². The molecule has 0 aliphatic rings. The van der Waals surface area contributed by atoms with Crippen LogP contribution in [0.2, 0.25) is 0 Å². The molecule has 0 fully saturated rings. The molecule has 0 radical (unpaired) electrons. The molecule has 3 heteroatoms. The van der Waals surface area contributed by atoms with Gasteiger partial charge in [0.25, 0.3) is 0 Å². The van der Waals surface area contributed by atoms with Crippen molar-refractivity contribution in [3.8, 4) is 0 Å². The number of carbonyl (C=O) groups is 1. The van der Waals surface area contributed by atoms with Gasteiger partial charge >= 0.3 is 0 Å². The smallest absolute Gasteiger partial charge is 0.220 e. The Morgan fingerprint density at radius 1 is 1.43 bits per heavy atom. The van der Waals surface area contributed by atoms with E-state index in [4.69, 9.17) is 11.6 Å².